The lowest BCUT2D eigenvalue weighted by molar-refractivity contribution is 0.0849. The number of carbonyl (C=O) groups excluding carboxylic acids is 2. The molecule has 0 bridgehead atoms. The molecule has 0 saturated carbocycles. The lowest BCUT2D eigenvalue weighted by atomic mass is 9.99. The summed E-state index contributed by atoms with van der Waals surface area (Å²) in [5, 5.41) is 7.18. The van der Waals surface area contributed by atoms with Gasteiger partial charge >= 0.3 is 0 Å². The number of benzene rings is 2. The first-order chi connectivity index (χ1) is 18.6. The fraction of sp³-hybridized carbons (Fsp3) is 0.222. The van der Waals surface area contributed by atoms with Crippen molar-refractivity contribution in [3.05, 3.63) is 99.6 Å². The van der Waals surface area contributed by atoms with E-state index in [1.54, 1.807) is 67.0 Å². The molecule has 12 heteroatoms. The summed E-state index contributed by atoms with van der Waals surface area (Å²) in [5.74, 6) is -0.777. The van der Waals surface area contributed by atoms with Gasteiger partial charge in [-0.2, -0.15) is 4.31 Å². The Balaban J connectivity index is 1.34. The molecule has 0 unspecified atom stereocenters. The lowest BCUT2D eigenvalue weighted by Crippen LogP contribution is -2.61. The molecule has 2 amide bonds. The van der Waals surface area contributed by atoms with E-state index in [4.69, 9.17) is 11.6 Å². The van der Waals surface area contributed by atoms with Crippen LogP contribution in [0.1, 0.15) is 27.1 Å². The maximum Gasteiger partial charge on any atom is 0.255 e. The number of piperidine rings is 1. The van der Waals surface area contributed by atoms with Gasteiger partial charge in [-0.15, -0.1) is 0 Å². The van der Waals surface area contributed by atoms with Gasteiger partial charge in [-0.05, 0) is 48.9 Å². The van der Waals surface area contributed by atoms with Crippen molar-refractivity contribution in [2.75, 3.05) is 19.3 Å². The molecule has 2 aromatic heterocycles. The van der Waals surface area contributed by atoms with E-state index in [0.717, 1.165) is 11.6 Å². The molecule has 5 rings (SSSR count). The van der Waals surface area contributed by atoms with E-state index in [9.17, 15) is 22.8 Å². The van der Waals surface area contributed by atoms with Crippen LogP contribution in [0, 0.1) is 0 Å². The number of aromatic amines is 1. The Labute approximate surface area is 229 Å². The van der Waals surface area contributed by atoms with Crippen molar-refractivity contribution in [2.45, 2.75) is 18.5 Å². The van der Waals surface area contributed by atoms with Crippen molar-refractivity contribution in [1.29, 1.82) is 0 Å². The smallest absolute Gasteiger partial charge is 0.255 e. The van der Waals surface area contributed by atoms with Gasteiger partial charge in [0.05, 0.1) is 23.4 Å². The number of rotatable bonds is 6. The first kappa shape index (κ1) is 26.7. The van der Waals surface area contributed by atoms with E-state index in [2.05, 4.69) is 15.6 Å². The van der Waals surface area contributed by atoms with Gasteiger partial charge in [0.25, 0.3) is 17.4 Å². The average molecular weight is 568 g/mol. The van der Waals surface area contributed by atoms with E-state index in [0.29, 0.717) is 33.8 Å². The number of carbonyl (C=O) groups is 2. The minimum atomic E-state index is -3.50. The maximum atomic E-state index is 13.2. The minimum absolute atomic E-state index is 0.0158. The average Bonchev–Trinajstić information content (AvgIpc) is 3.29. The molecule has 4 aromatic rings. The molecule has 10 nitrogen and oxygen atoms in total. The molecule has 2 atom stereocenters. The zero-order valence-electron chi connectivity index (χ0n) is 20.9. The van der Waals surface area contributed by atoms with Crippen LogP contribution >= 0.6 is 11.6 Å². The molecule has 0 radical (unpaired) electrons. The summed E-state index contributed by atoms with van der Waals surface area (Å²) in [5.41, 5.74) is 1.86. The van der Waals surface area contributed by atoms with Crippen molar-refractivity contribution >= 4 is 44.3 Å². The van der Waals surface area contributed by atoms with E-state index in [-0.39, 0.29) is 24.6 Å². The van der Waals surface area contributed by atoms with Crippen LogP contribution in [-0.2, 0) is 10.0 Å². The second kappa shape index (κ2) is 10.7. The van der Waals surface area contributed by atoms with Gasteiger partial charge in [-0.25, -0.2) is 8.42 Å². The van der Waals surface area contributed by atoms with E-state index >= 15 is 0 Å². The molecule has 1 aliphatic heterocycles. The third kappa shape index (κ3) is 5.75. The Morgan fingerprint density at radius 1 is 0.974 bits per heavy atom. The number of pyridine rings is 1. The van der Waals surface area contributed by atoms with E-state index in [1.807, 2.05) is 0 Å². The molecule has 202 valence electrons. The quantitative estimate of drug-likeness (QED) is 0.329. The normalized spacial score (nSPS) is 18.1. The summed E-state index contributed by atoms with van der Waals surface area (Å²) >= 11 is 6.13. The van der Waals surface area contributed by atoms with Gasteiger partial charge in [-0.3, -0.25) is 19.0 Å². The number of aromatic nitrogens is 2. The Hall–Kier alpha value is -3.93. The van der Waals surface area contributed by atoms with Gasteiger partial charge < -0.3 is 15.6 Å². The summed E-state index contributed by atoms with van der Waals surface area (Å²) < 4.78 is 27.2. The number of H-pyrrole nitrogens is 1. The second-order valence-electron chi connectivity index (χ2n) is 9.42. The van der Waals surface area contributed by atoms with Gasteiger partial charge in [0.1, 0.15) is 0 Å². The SMILES string of the molecule is CS(=O)(=O)N1CC[C@@H](NC(=O)c2ccc(-n3ccccc3=O)cc2)[C@@H](NC(=O)c2ccc3c(Cl)c[nH]c3c2)C1. The standard InChI is InChI=1S/C27H26ClN5O5S/c1-39(37,38)32-13-11-22(24(16-32)31-27(36)18-7-10-20-21(28)15-29-23(20)14-18)30-26(35)17-5-8-19(9-6-17)33-12-3-2-4-25(33)34/h2-10,12,14-15,22,24,29H,11,13,16H2,1H3,(H,30,35)(H,31,36)/t22-,24+/m1/s1. The largest absolute Gasteiger partial charge is 0.360 e. The molecule has 3 heterocycles. The molecule has 1 fully saturated rings. The Morgan fingerprint density at radius 2 is 1.67 bits per heavy atom. The van der Waals surface area contributed by atoms with Crippen LogP contribution in [0.3, 0.4) is 0 Å². The number of sulfonamides is 1. The van der Waals surface area contributed by atoms with Gasteiger partial charge in [0.15, 0.2) is 0 Å². The summed E-state index contributed by atoms with van der Waals surface area (Å²) in [6, 6.07) is 15.3. The molecular formula is C27H26ClN5O5S. The zero-order valence-corrected chi connectivity index (χ0v) is 22.5. The van der Waals surface area contributed by atoms with Crippen molar-refractivity contribution in [3.63, 3.8) is 0 Å². The molecule has 1 aliphatic rings. The minimum Gasteiger partial charge on any atom is -0.360 e. The number of hydrogen-bond donors (Lipinski definition) is 3. The predicted molar refractivity (Wildman–Crippen MR) is 149 cm³/mol. The molecule has 39 heavy (non-hydrogen) atoms. The summed E-state index contributed by atoms with van der Waals surface area (Å²) in [7, 11) is -3.50. The second-order valence-corrected chi connectivity index (χ2v) is 11.8. The highest BCUT2D eigenvalue weighted by Gasteiger charge is 2.35. The van der Waals surface area contributed by atoms with Crippen LogP contribution in [0.15, 0.2) is 77.9 Å². The zero-order chi connectivity index (χ0) is 27.7. The molecule has 1 saturated heterocycles. The number of hydrogen-bond acceptors (Lipinski definition) is 5. The van der Waals surface area contributed by atoms with Gasteiger partial charge in [0.2, 0.25) is 10.0 Å². The van der Waals surface area contributed by atoms with Crippen molar-refractivity contribution < 1.29 is 18.0 Å². The summed E-state index contributed by atoms with van der Waals surface area (Å²) in [4.78, 5) is 41.4. The highest BCUT2D eigenvalue weighted by atomic mass is 35.5. The maximum absolute atomic E-state index is 13.2. The van der Waals surface area contributed by atoms with Crippen molar-refractivity contribution in [1.82, 2.24) is 24.5 Å². The van der Waals surface area contributed by atoms with Gasteiger partial charge in [-0.1, -0.05) is 23.7 Å². The topological polar surface area (TPSA) is 133 Å². The third-order valence-corrected chi connectivity index (χ3v) is 8.38. The molecular weight excluding hydrogens is 542 g/mol. The number of fused-ring (bicyclic) bond motifs is 1. The molecule has 3 N–H and O–H groups in total. The monoisotopic (exact) mass is 567 g/mol. The van der Waals surface area contributed by atoms with Crippen LogP contribution < -0.4 is 16.2 Å². The number of amides is 2. The third-order valence-electron chi connectivity index (χ3n) is 6.80. The van der Waals surface area contributed by atoms with E-state index < -0.39 is 28.0 Å². The molecule has 0 aliphatic carbocycles. The van der Waals surface area contributed by atoms with E-state index in [1.165, 1.54) is 14.9 Å². The van der Waals surface area contributed by atoms with Crippen LogP contribution in [-0.4, -0.2) is 65.5 Å². The van der Waals surface area contributed by atoms with Crippen LogP contribution in [0.2, 0.25) is 5.02 Å². The first-order valence-electron chi connectivity index (χ1n) is 12.2. The Morgan fingerprint density at radius 3 is 2.38 bits per heavy atom. The number of nitrogens with zero attached hydrogens (tertiary/aromatic N) is 2. The molecule has 2 aromatic carbocycles. The Kier molecular flexibility index (Phi) is 7.30. The first-order valence-corrected chi connectivity index (χ1v) is 14.4. The Bertz CT molecular complexity index is 1710. The van der Waals surface area contributed by atoms with Crippen molar-refractivity contribution in [3.8, 4) is 5.69 Å². The highest BCUT2D eigenvalue weighted by Crippen LogP contribution is 2.24. The van der Waals surface area contributed by atoms with Gasteiger partial charge in [0, 0.05) is 59.3 Å². The number of halogens is 1. The predicted octanol–water partition coefficient (Wildman–Crippen LogP) is 2.53. The fourth-order valence-electron chi connectivity index (χ4n) is 4.69. The summed E-state index contributed by atoms with van der Waals surface area (Å²) in [6.07, 6.45) is 4.71. The summed E-state index contributed by atoms with van der Waals surface area (Å²) in [6.45, 7) is 0.223. The molecule has 0 spiro atoms. The lowest BCUT2D eigenvalue weighted by Gasteiger charge is -2.38. The fourth-order valence-corrected chi connectivity index (χ4v) is 5.78. The van der Waals surface area contributed by atoms with Crippen LogP contribution in [0.25, 0.3) is 16.6 Å². The van der Waals surface area contributed by atoms with Crippen LogP contribution in [0.4, 0.5) is 0 Å². The van der Waals surface area contributed by atoms with Crippen molar-refractivity contribution in [2.24, 2.45) is 0 Å². The highest BCUT2D eigenvalue weighted by molar-refractivity contribution is 7.88. The van der Waals surface area contributed by atoms with Crippen LogP contribution in [0.5, 0.6) is 0 Å². The number of nitrogens with one attached hydrogen (secondary N) is 3.